The van der Waals surface area contributed by atoms with Crippen molar-refractivity contribution >= 4 is 11.4 Å². The van der Waals surface area contributed by atoms with Gasteiger partial charge in [-0.25, -0.2) is 0 Å². The number of hydrogen-bond donors (Lipinski definition) is 0. The molecule has 3 nitrogen and oxygen atoms in total. The highest BCUT2D eigenvalue weighted by Gasteiger charge is 2.27. The summed E-state index contributed by atoms with van der Waals surface area (Å²) < 4.78 is 5.84. The quantitative estimate of drug-likeness (QED) is 0.646. The van der Waals surface area contributed by atoms with Gasteiger partial charge in [-0.15, -0.1) is 0 Å². The van der Waals surface area contributed by atoms with Gasteiger partial charge < -0.3 is 4.74 Å². The second-order valence-electron chi connectivity index (χ2n) is 8.83. The van der Waals surface area contributed by atoms with Crippen LogP contribution in [0.1, 0.15) is 52.7 Å². The molecule has 0 saturated heterocycles. The summed E-state index contributed by atoms with van der Waals surface area (Å²) in [6.45, 7) is 17.4. The summed E-state index contributed by atoms with van der Waals surface area (Å²) in [4.78, 5) is 0. The summed E-state index contributed by atoms with van der Waals surface area (Å²) in [7, 11) is 3.69. The fraction of sp³-hybridized carbons (Fsp3) is 0.435. The zero-order chi connectivity index (χ0) is 19.7. The Morgan fingerprint density at radius 1 is 0.962 bits per heavy atom. The van der Waals surface area contributed by atoms with Crippen molar-refractivity contribution in [1.29, 1.82) is 0 Å². The first-order valence-electron chi connectivity index (χ1n) is 9.04. The standard InChI is InChI=1S/C23H32N2O/c1-16-12-10-11-13-19(16)24-25(8)20-15-17(22(2,3)4)14-18(21(20)26-9)23(5,6)7/h10-15H,1H2,2-9H3/b24-19-. The molecule has 1 aromatic carbocycles. The minimum atomic E-state index is -0.0353. The SMILES string of the molecule is C=C1C=CC=C/C1=N/N(C)c1cc(C(C)(C)C)cc(C(C)(C)C)c1OC. The lowest BCUT2D eigenvalue weighted by atomic mass is 9.79. The zero-order valence-electron chi connectivity index (χ0n) is 17.5. The van der Waals surface area contributed by atoms with Crippen molar-refractivity contribution in [2.45, 2.75) is 52.4 Å². The van der Waals surface area contributed by atoms with Gasteiger partial charge in [-0.3, -0.25) is 5.01 Å². The molecule has 1 aliphatic rings. The molecule has 1 aliphatic carbocycles. The lowest BCUT2D eigenvalue weighted by Crippen LogP contribution is -2.21. The van der Waals surface area contributed by atoms with Gasteiger partial charge in [0.05, 0.1) is 12.8 Å². The maximum absolute atomic E-state index is 5.84. The Labute approximate surface area is 158 Å². The maximum Gasteiger partial charge on any atom is 0.147 e. The minimum absolute atomic E-state index is 0.0338. The molecule has 2 rings (SSSR count). The van der Waals surface area contributed by atoms with Crippen LogP contribution in [0.25, 0.3) is 0 Å². The van der Waals surface area contributed by atoms with E-state index in [9.17, 15) is 0 Å². The van der Waals surface area contributed by atoms with E-state index < -0.39 is 0 Å². The normalized spacial score (nSPS) is 16.3. The number of hydrazone groups is 1. The van der Waals surface area contributed by atoms with E-state index in [1.165, 1.54) is 11.1 Å². The van der Waals surface area contributed by atoms with E-state index in [0.29, 0.717) is 0 Å². The molecule has 0 aromatic heterocycles. The third kappa shape index (κ3) is 4.27. The van der Waals surface area contributed by atoms with Gasteiger partial charge in [-0.2, -0.15) is 5.10 Å². The van der Waals surface area contributed by atoms with Crippen molar-refractivity contribution in [3.8, 4) is 5.75 Å². The van der Waals surface area contributed by atoms with Gasteiger partial charge in [0.25, 0.3) is 0 Å². The number of ether oxygens (including phenoxy) is 1. The summed E-state index contributed by atoms with van der Waals surface area (Å²) in [6, 6.07) is 4.45. The monoisotopic (exact) mass is 352 g/mol. The topological polar surface area (TPSA) is 24.8 Å². The molecule has 140 valence electrons. The fourth-order valence-corrected chi connectivity index (χ4v) is 2.88. The number of methoxy groups -OCH3 is 1. The Balaban J connectivity index is 2.66. The van der Waals surface area contributed by atoms with Crippen LogP contribution in [0.4, 0.5) is 5.69 Å². The molecule has 0 saturated carbocycles. The molecule has 0 aliphatic heterocycles. The molecule has 0 atom stereocenters. The molecule has 1 aromatic rings. The van der Waals surface area contributed by atoms with Crippen LogP contribution < -0.4 is 9.75 Å². The van der Waals surface area contributed by atoms with E-state index in [-0.39, 0.29) is 10.8 Å². The summed E-state index contributed by atoms with van der Waals surface area (Å²) in [5.41, 5.74) is 5.18. The number of rotatable bonds is 3. The van der Waals surface area contributed by atoms with E-state index in [1.807, 2.05) is 36.4 Å². The van der Waals surface area contributed by atoms with Gasteiger partial charge in [-0.05, 0) is 34.1 Å². The fourth-order valence-electron chi connectivity index (χ4n) is 2.88. The van der Waals surface area contributed by atoms with Crippen molar-refractivity contribution in [2.75, 3.05) is 19.2 Å². The number of allylic oxidation sites excluding steroid dienone is 5. The van der Waals surface area contributed by atoms with Crippen molar-refractivity contribution in [3.05, 3.63) is 59.7 Å². The predicted molar refractivity (Wildman–Crippen MR) is 114 cm³/mol. The second-order valence-corrected chi connectivity index (χ2v) is 8.83. The summed E-state index contributed by atoms with van der Waals surface area (Å²) in [5, 5.41) is 6.67. The van der Waals surface area contributed by atoms with Crippen LogP contribution in [-0.4, -0.2) is 19.9 Å². The van der Waals surface area contributed by atoms with Gasteiger partial charge >= 0.3 is 0 Å². The first kappa shape index (κ1) is 20.0. The van der Waals surface area contributed by atoms with Crippen LogP contribution in [-0.2, 0) is 10.8 Å². The van der Waals surface area contributed by atoms with Crippen molar-refractivity contribution in [3.63, 3.8) is 0 Å². The molecule has 26 heavy (non-hydrogen) atoms. The summed E-state index contributed by atoms with van der Waals surface area (Å²) in [6.07, 6.45) is 7.89. The van der Waals surface area contributed by atoms with Crippen LogP contribution in [0.2, 0.25) is 0 Å². The minimum Gasteiger partial charge on any atom is -0.494 e. The summed E-state index contributed by atoms with van der Waals surface area (Å²) >= 11 is 0. The molecule has 0 bridgehead atoms. The maximum atomic E-state index is 5.84. The third-order valence-electron chi connectivity index (χ3n) is 4.55. The Kier molecular flexibility index (Phi) is 5.50. The van der Waals surface area contributed by atoms with Gasteiger partial charge in [0.1, 0.15) is 11.4 Å². The molecular formula is C23H32N2O. The molecule has 0 heterocycles. The number of hydrogen-bond acceptors (Lipinski definition) is 3. The Bertz CT molecular complexity index is 784. The van der Waals surface area contributed by atoms with Crippen LogP contribution >= 0.6 is 0 Å². The molecule has 0 unspecified atom stereocenters. The van der Waals surface area contributed by atoms with E-state index in [4.69, 9.17) is 9.84 Å². The van der Waals surface area contributed by atoms with Crippen molar-refractivity contribution in [2.24, 2.45) is 5.10 Å². The zero-order valence-corrected chi connectivity index (χ0v) is 17.5. The van der Waals surface area contributed by atoms with Crippen LogP contribution in [0.15, 0.2) is 53.7 Å². The van der Waals surface area contributed by atoms with Gasteiger partial charge in [0.2, 0.25) is 0 Å². The molecule has 3 heteroatoms. The Hall–Kier alpha value is -2.29. The molecule has 0 fully saturated rings. The average Bonchev–Trinajstić information content (AvgIpc) is 2.53. The molecule has 0 spiro atoms. The van der Waals surface area contributed by atoms with Crippen LogP contribution in [0, 0.1) is 0 Å². The van der Waals surface area contributed by atoms with Crippen molar-refractivity contribution < 1.29 is 4.74 Å². The highest BCUT2D eigenvalue weighted by Crippen LogP contribution is 2.42. The summed E-state index contributed by atoms with van der Waals surface area (Å²) in [5.74, 6) is 0.873. The largest absolute Gasteiger partial charge is 0.494 e. The molecule has 0 N–H and O–H groups in total. The third-order valence-corrected chi connectivity index (χ3v) is 4.55. The lowest BCUT2D eigenvalue weighted by Gasteiger charge is -2.30. The molecular weight excluding hydrogens is 320 g/mol. The molecule has 0 amide bonds. The molecule has 0 radical (unpaired) electrons. The van der Waals surface area contributed by atoms with Gasteiger partial charge in [-0.1, -0.05) is 72.4 Å². The lowest BCUT2D eigenvalue weighted by molar-refractivity contribution is 0.397. The average molecular weight is 353 g/mol. The number of benzene rings is 1. The van der Waals surface area contributed by atoms with E-state index in [1.54, 1.807) is 7.11 Å². The highest BCUT2D eigenvalue weighted by molar-refractivity contribution is 6.11. The van der Waals surface area contributed by atoms with E-state index >= 15 is 0 Å². The first-order valence-corrected chi connectivity index (χ1v) is 9.04. The highest BCUT2D eigenvalue weighted by atomic mass is 16.5. The second kappa shape index (κ2) is 7.14. The predicted octanol–water partition coefficient (Wildman–Crippen LogP) is 5.76. The smallest absolute Gasteiger partial charge is 0.147 e. The van der Waals surface area contributed by atoms with Gasteiger partial charge in [0, 0.05) is 12.6 Å². The van der Waals surface area contributed by atoms with Crippen LogP contribution in [0.5, 0.6) is 5.75 Å². The Morgan fingerprint density at radius 3 is 2.08 bits per heavy atom. The number of nitrogens with zero attached hydrogens (tertiary/aromatic N) is 2. The van der Waals surface area contributed by atoms with E-state index in [2.05, 4.69) is 60.3 Å². The van der Waals surface area contributed by atoms with Gasteiger partial charge in [0.15, 0.2) is 0 Å². The van der Waals surface area contributed by atoms with E-state index in [0.717, 1.165) is 22.7 Å². The van der Waals surface area contributed by atoms with Crippen molar-refractivity contribution in [1.82, 2.24) is 0 Å². The number of anilines is 1. The first-order chi connectivity index (χ1) is 11.9. The Morgan fingerprint density at radius 2 is 1.58 bits per heavy atom. The van der Waals surface area contributed by atoms with Crippen LogP contribution in [0.3, 0.4) is 0 Å².